The van der Waals surface area contributed by atoms with Gasteiger partial charge in [0.1, 0.15) is 6.54 Å². The number of carbonyl (C=O) groups excluding carboxylic acids is 2. The van der Waals surface area contributed by atoms with Crippen LogP contribution in [0, 0.1) is 6.92 Å². The van der Waals surface area contributed by atoms with E-state index in [-0.39, 0.29) is 18.4 Å². The van der Waals surface area contributed by atoms with Gasteiger partial charge < -0.3 is 10.2 Å². The van der Waals surface area contributed by atoms with Gasteiger partial charge in [0.2, 0.25) is 11.8 Å². The number of carbonyl (C=O) groups is 2. The molecule has 2 amide bonds. The molecule has 0 radical (unpaired) electrons. The number of rotatable bonds is 5. The summed E-state index contributed by atoms with van der Waals surface area (Å²) in [6.45, 7) is 3.77. The minimum absolute atomic E-state index is 0.000445. The van der Waals surface area contributed by atoms with Crippen molar-refractivity contribution in [1.82, 2.24) is 10.3 Å². The molecule has 0 aliphatic carbocycles. The van der Waals surface area contributed by atoms with Crippen molar-refractivity contribution in [3.63, 3.8) is 0 Å². The minimum Gasteiger partial charge on any atom is -0.350 e. The molecular weight excluding hydrogens is 278 g/mol. The third-order valence-electron chi connectivity index (χ3n) is 3.30. The van der Waals surface area contributed by atoms with Crippen molar-refractivity contribution in [1.29, 1.82) is 0 Å². The summed E-state index contributed by atoms with van der Waals surface area (Å²) in [6.07, 6.45) is 3.38. The highest BCUT2D eigenvalue weighted by Crippen LogP contribution is 2.19. The zero-order chi connectivity index (χ0) is 15.9. The Morgan fingerprint density at radius 2 is 1.95 bits per heavy atom. The molecule has 2 aromatic rings. The Balaban J connectivity index is 2.01. The lowest BCUT2D eigenvalue weighted by atomic mass is 10.2. The van der Waals surface area contributed by atoms with Crippen molar-refractivity contribution < 1.29 is 9.59 Å². The highest BCUT2D eigenvalue weighted by molar-refractivity contribution is 5.98. The normalized spacial score (nSPS) is 10.1. The van der Waals surface area contributed by atoms with Gasteiger partial charge in [-0.05, 0) is 30.2 Å². The maximum atomic E-state index is 12.1. The summed E-state index contributed by atoms with van der Waals surface area (Å²) in [5.41, 5.74) is 2.63. The van der Waals surface area contributed by atoms with E-state index in [4.69, 9.17) is 0 Å². The monoisotopic (exact) mass is 297 g/mol. The van der Waals surface area contributed by atoms with Crippen LogP contribution >= 0.6 is 0 Å². The molecule has 0 aliphatic rings. The summed E-state index contributed by atoms with van der Waals surface area (Å²) in [7, 11) is 0. The van der Waals surface area contributed by atoms with Crippen LogP contribution in [-0.4, -0.2) is 23.3 Å². The number of aromatic nitrogens is 1. The Labute approximate surface area is 130 Å². The van der Waals surface area contributed by atoms with Crippen LogP contribution in [0.15, 0.2) is 48.8 Å². The van der Waals surface area contributed by atoms with E-state index >= 15 is 0 Å². The Hall–Kier alpha value is -2.69. The zero-order valence-electron chi connectivity index (χ0n) is 12.7. The van der Waals surface area contributed by atoms with Crippen LogP contribution in [0.25, 0.3) is 0 Å². The van der Waals surface area contributed by atoms with E-state index in [9.17, 15) is 9.59 Å². The molecule has 0 aliphatic heterocycles. The Bertz CT molecular complexity index is 656. The average Bonchev–Trinajstić information content (AvgIpc) is 2.52. The molecule has 1 N–H and O–H groups in total. The first-order valence-electron chi connectivity index (χ1n) is 7.07. The van der Waals surface area contributed by atoms with E-state index in [1.807, 2.05) is 43.3 Å². The number of para-hydroxylation sites is 1. The number of hydrogen-bond donors (Lipinski definition) is 1. The van der Waals surface area contributed by atoms with Gasteiger partial charge in [-0.1, -0.05) is 24.3 Å². The molecule has 2 rings (SSSR count). The molecule has 5 nitrogen and oxygen atoms in total. The molecule has 0 bridgehead atoms. The maximum Gasteiger partial charge on any atom is 0.240 e. The quantitative estimate of drug-likeness (QED) is 0.919. The molecule has 0 saturated carbocycles. The molecule has 0 fully saturated rings. The third kappa shape index (κ3) is 4.15. The summed E-state index contributed by atoms with van der Waals surface area (Å²) < 4.78 is 0. The third-order valence-corrected chi connectivity index (χ3v) is 3.30. The predicted molar refractivity (Wildman–Crippen MR) is 85.3 cm³/mol. The van der Waals surface area contributed by atoms with Gasteiger partial charge >= 0.3 is 0 Å². The second kappa shape index (κ2) is 7.36. The number of nitrogens with one attached hydrogen (secondary N) is 1. The van der Waals surface area contributed by atoms with Crippen molar-refractivity contribution in [2.24, 2.45) is 0 Å². The molecule has 0 unspecified atom stereocenters. The molecule has 5 heteroatoms. The topological polar surface area (TPSA) is 62.3 Å². The first kappa shape index (κ1) is 15.7. The first-order valence-corrected chi connectivity index (χ1v) is 7.07. The van der Waals surface area contributed by atoms with Crippen LogP contribution in [-0.2, 0) is 16.1 Å². The second-order valence-electron chi connectivity index (χ2n) is 5.03. The lowest BCUT2D eigenvalue weighted by Crippen LogP contribution is -2.39. The van der Waals surface area contributed by atoms with Crippen molar-refractivity contribution in [3.05, 3.63) is 59.9 Å². The summed E-state index contributed by atoms with van der Waals surface area (Å²) in [5.74, 6) is -0.367. The number of amides is 2. The maximum absolute atomic E-state index is 12.1. The molecule has 0 atom stereocenters. The molecule has 0 spiro atoms. The number of benzene rings is 1. The zero-order valence-corrected chi connectivity index (χ0v) is 12.7. The number of hydrogen-bond acceptors (Lipinski definition) is 3. The fourth-order valence-electron chi connectivity index (χ4n) is 2.14. The van der Waals surface area contributed by atoms with E-state index in [1.165, 1.54) is 11.8 Å². The molecule has 22 heavy (non-hydrogen) atoms. The van der Waals surface area contributed by atoms with E-state index in [2.05, 4.69) is 10.3 Å². The van der Waals surface area contributed by atoms with Gasteiger partial charge in [0, 0.05) is 31.5 Å². The number of aryl methyl sites for hydroxylation is 1. The largest absolute Gasteiger partial charge is 0.350 e. The summed E-state index contributed by atoms with van der Waals surface area (Å²) in [5, 5.41) is 2.80. The summed E-state index contributed by atoms with van der Waals surface area (Å²) >= 11 is 0. The number of anilines is 1. The minimum atomic E-state index is -0.206. The Morgan fingerprint density at radius 1 is 1.18 bits per heavy atom. The fraction of sp³-hybridized carbons (Fsp3) is 0.235. The van der Waals surface area contributed by atoms with Crippen LogP contribution in [0.5, 0.6) is 0 Å². The predicted octanol–water partition coefficient (Wildman–Crippen LogP) is 2.06. The SMILES string of the molecule is CC(=O)N(CC(=O)NCc1cccnc1)c1ccccc1C. The highest BCUT2D eigenvalue weighted by atomic mass is 16.2. The fourth-order valence-corrected chi connectivity index (χ4v) is 2.14. The molecule has 1 aromatic heterocycles. The molecule has 0 saturated heterocycles. The van der Waals surface area contributed by atoms with Gasteiger partial charge in [0.15, 0.2) is 0 Å². The second-order valence-corrected chi connectivity index (χ2v) is 5.03. The Kier molecular flexibility index (Phi) is 5.25. The highest BCUT2D eigenvalue weighted by Gasteiger charge is 2.17. The van der Waals surface area contributed by atoms with Crippen molar-refractivity contribution >= 4 is 17.5 Å². The van der Waals surface area contributed by atoms with Gasteiger partial charge in [0.05, 0.1) is 0 Å². The van der Waals surface area contributed by atoms with Gasteiger partial charge in [-0.2, -0.15) is 0 Å². The van der Waals surface area contributed by atoms with Crippen LogP contribution in [0.2, 0.25) is 0 Å². The lowest BCUT2D eigenvalue weighted by molar-refractivity contribution is -0.123. The van der Waals surface area contributed by atoms with Crippen LogP contribution < -0.4 is 10.2 Å². The van der Waals surface area contributed by atoms with Crippen LogP contribution in [0.3, 0.4) is 0 Å². The van der Waals surface area contributed by atoms with Gasteiger partial charge in [-0.15, -0.1) is 0 Å². The van der Waals surface area contributed by atoms with E-state index in [0.29, 0.717) is 6.54 Å². The van der Waals surface area contributed by atoms with Crippen molar-refractivity contribution in [2.75, 3.05) is 11.4 Å². The van der Waals surface area contributed by atoms with Gasteiger partial charge in [0.25, 0.3) is 0 Å². The molecular formula is C17H19N3O2. The Morgan fingerprint density at radius 3 is 2.59 bits per heavy atom. The summed E-state index contributed by atoms with van der Waals surface area (Å²) in [6, 6.07) is 11.2. The smallest absolute Gasteiger partial charge is 0.240 e. The van der Waals surface area contributed by atoms with E-state index in [0.717, 1.165) is 16.8 Å². The van der Waals surface area contributed by atoms with E-state index < -0.39 is 0 Å². The van der Waals surface area contributed by atoms with Crippen LogP contribution in [0.1, 0.15) is 18.1 Å². The van der Waals surface area contributed by atoms with E-state index in [1.54, 1.807) is 12.4 Å². The standard InChI is InChI=1S/C17H19N3O2/c1-13-6-3-4-8-16(13)20(14(2)21)12-17(22)19-11-15-7-5-9-18-10-15/h3-10H,11-12H2,1-2H3,(H,19,22). The van der Waals surface area contributed by atoms with Crippen molar-refractivity contribution in [2.45, 2.75) is 20.4 Å². The lowest BCUT2D eigenvalue weighted by Gasteiger charge is -2.22. The van der Waals surface area contributed by atoms with Gasteiger partial charge in [-0.3, -0.25) is 14.6 Å². The number of pyridine rings is 1. The first-order chi connectivity index (χ1) is 10.6. The molecule has 1 heterocycles. The number of nitrogens with zero attached hydrogens (tertiary/aromatic N) is 2. The molecule has 1 aromatic carbocycles. The molecule has 114 valence electrons. The van der Waals surface area contributed by atoms with Gasteiger partial charge in [-0.25, -0.2) is 0 Å². The average molecular weight is 297 g/mol. The van der Waals surface area contributed by atoms with Crippen molar-refractivity contribution in [3.8, 4) is 0 Å². The van der Waals surface area contributed by atoms with Crippen LogP contribution in [0.4, 0.5) is 5.69 Å². The summed E-state index contributed by atoms with van der Waals surface area (Å²) in [4.78, 5) is 29.4.